The molecule has 0 saturated heterocycles. The van der Waals surface area contributed by atoms with E-state index in [2.05, 4.69) is 10.2 Å². The highest BCUT2D eigenvalue weighted by Gasteiger charge is 2.33. The van der Waals surface area contributed by atoms with Gasteiger partial charge in [0, 0.05) is 12.8 Å². The van der Waals surface area contributed by atoms with E-state index < -0.39 is 6.10 Å². The van der Waals surface area contributed by atoms with Crippen molar-refractivity contribution in [2.24, 2.45) is 10.2 Å². The van der Waals surface area contributed by atoms with Crippen LogP contribution in [0.25, 0.3) is 0 Å². The number of amides is 2. The Labute approximate surface area is 265 Å². The van der Waals surface area contributed by atoms with Crippen LogP contribution in [0.4, 0.5) is 0 Å². The van der Waals surface area contributed by atoms with Gasteiger partial charge in [-0.2, -0.15) is 10.2 Å². The lowest BCUT2D eigenvalue weighted by molar-refractivity contribution is -0.120. The quantitative estimate of drug-likeness (QED) is 0.197. The van der Waals surface area contributed by atoms with Crippen LogP contribution in [0, 0.1) is 0 Å². The summed E-state index contributed by atoms with van der Waals surface area (Å²) in [6.07, 6.45) is 0.918. The number of benzene rings is 4. The highest BCUT2D eigenvalue weighted by Crippen LogP contribution is 2.39. The van der Waals surface area contributed by atoms with Crippen LogP contribution >= 0.6 is 0 Å². The lowest BCUT2D eigenvalue weighted by Crippen LogP contribution is -2.26. The number of aliphatic hydroxyl groups is 1. The molecule has 11 nitrogen and oxygen atoms in total. The monoisotopic (exact) mass is 620 g/mol. The first-order chi connectivity index (χ1) is 22.5. The number of aromatic hydroxyl groups is 2. The molecule has 0 radical (unpaired) electrons. The minimum absolute atomic E-state index is 0.0681. The van der Waals surface area contributed by atoms with Gasteiger partial charge >= 0.3 is 0 Å². The van der Waals surface area contributed by atoms with Gasteiger partial charge < -0.3 is 24.8 Å². The number of phenolic OH excluding ortho intramolecular Hbond substituents is 2. The predicted octanol–water partition coefficient (Wildman–Crippen LogP) is 4.53. The fourth-order valence-corrected chi connectivity index (χ4v) is 5.72. The van der Waals surface area contributed by atoms with Crippen LogP contribution in [0.15, 0.2) is 107 Å². The Morgan fingerprint density at radius 2 is 1.07 bits per heavy atom. The number of rotatable bonds is 12. The molecular weight excluding hydrogens is 588 g/mol. The van der Waals surface area contributed by atoms with Crippen molar-refractivity contribution in [3.05, 3.63) is 119 Å². The van der Waals surface area contributed by atoms with Crippen molar-refractivity contribution in [2.45, 2.75) is 31.0 Å². The lowest BCUT2D eigenvalue weighted by Gasteiger charge is -2.18. The second-order valence-corrected chi connectivity index (χ2v) is 10.9. The molecule has 2 unspecified atom stereocenters. The summed E-state index contributed by atoms with van der Waals surface area (Å²) in [5.41, 5.74) is 3.43. The number of ether oxygens (including phenoxy) is 2. The third kappa shape index (κ3) is 6.26. The molecule has 2 amide bonds. The molecule has 6 rings (SSSR count). The van der Waals surface area contributed by atoms with Crippen molar-refractivity contribution in [3.8, 4) is 23.0 Å². The second-order valence-electron chi connectivity index (χ2n) is 10.9. The number of phenols is 2. The minimum Gasteiger partial charge on any atom is -0.507 e. The number of carbonyl (C=O) groups is 2. The Morgan fingerprint density at radius 1 is 0.652 bits per heavy atom. The van der Waals surface area contributed by atoms with E-state index in [0.29, 0.717) is 48.2 Å². The fourth-order valence-electron chi connectivity index (χ4n) is 5.72. The summed E-state index contributed by atoms with van der Waals surface area (Å²) in [5, 5.41) is 43.9. The first-order valence-corrected chi connectivity index (χ1v) is 14.8. The molecule has 46 heavy (non-hydrogen) atoms. The molecule has 4 aromatic rings. The third-order valence-corrected chi connectivity index (χ3v) is 7.92. The van der Waals surface area contributed by atoms with Crippen molar-refractivity contribution in [3.63, 3.8) is 0 Å². The SMILES string of the molecule is O=CN1N=C(c2c(O)cccc2OCC(O)COc2cccc(O)c2C2=NN(C=O)C(c3ccccc3)C2)CC1c1ccccc1. The zero-order valence-corrected chi connectivity index (χ0v) is 24.7. The average Bonchev–Trinajstić information content (AvgIpc) is 3.72. The highest BCUT2D eigenvalue weighted by molar-refractivity contribution is 6.07. The van der Waals surface area contributed by atoms with E-state index in [-0.39, 0.29) is 48.3 Å². The molecule has 2 heterocycles. The van der Waals surface area contributed by atoms with Crippen molar-refractivity contribution in [1.29, 1.82) is 0 Å². The van der Waals surface area contributed by atoms with E-state index in [1.807, 2.05) is 60.7 Å². The zero-order chi connectivity index (χ0) is 32.0. The molecule has 11 heteroatoms. The molecule has 0 aromatic heterocycles. The van der Waals surface area contributed by atoms with Gasteiger partial charge in [-0.05, 0) is 35.4 Å². The number of nitrogens with zero attached hydrogens (tertiary/aromatic N) is 4. The molecule has 0 fully saturated rings. The maximum Gasteiger partial charge on any atom is 0.230 e. The van der Waals surface area contributed by atoms with E-state index in [9.17, 15) is 24.9 Å². The molecule has 0 spiro atoms. The maximum atomic E-state index is 11.8. The third-order valence-electron chi connectivity index (χ3n) is 7.92. The average molecular weight is 621 g/mol. The Morgan fingerprint density at radius 3 is 1.46 bits per heavy atom. The molecule has 0 bridgehead atoms. The molecule has 2 aliphatic rings. The summed E-state index contributed by atoms with van der Waals surface area (Å²) in [5.74, 6) is 0.441. The van der Waals surface area contributed by atoms with Gasteiger partial charge in [-0.1, -0.05) is 72.8 Å². The molecule has 0 aliphatic carbocycles. The van der Waals surface area contributed by atoms with Crippen LogP contribution in [0.5, 0.6) is 23.0 Å². The Balaban J connectivity index is 1.14. The summed E-state index contributed by atoms with van der Waals surface area (Å²) in [6.45, 7) is -0.374. The van der Waals surface area contributed by atoms with Crippen molar-refractivity contribution < 1.29 is 34.4 Å². The summed E-state index contributed by atoms with van der Waals surface area (Å²) in [7, 11) is 0. The summed E-state index contributed by atoms with van der Waals surface area (Å²) in [6, 6.07) is 27.9. The Kier molecular flexibility index (Phi) is 8.93. The van der Waals surface area contributed by atoms with E-state index in [0.717, 1.165) is 11.1 Å². The zero-order valence-electron chi connectivity index (χ0n) is 24.7. The fraction of sp³-hybridized carbons (Fsp3) is 0.200. The van der Waals surface area contributed by atoms with Crippen LogP contribution in [0.3, 0.4) is 0 Å². The maximum absolute atomic E-state index is 11.8. The van der Waals surface area contributed by atoms with Gasteiger partial charge in [0.05, 0.1) is 34.6 Å². The van der Waals surface area contributed by atoms with Crippen LogP contribution in [-0.4, -0.2) is 68.9 Å². The van der Waals surface area contributed by atoms with Crippen LogP contribution < -0.4 is 9.47 Å². The Bertz CT molecular complexity index is 1630. The minimum atomic E-state index is -1.10. The second kappa shape index (κ2) is 13.5. The van der Waals surface area contributed by atoms with E-state index in [1.54, 1.807) is 24.3 Å². The molecule has 234 valence electrons. The largest absolute Gasteiger partial charge is 0.507 e. The number of aliphatic hydroxyl groups excluding tert-OH is 1. The summed E-state index contributed by atoms with van der Waals surface area (Å²) >= 11 is 0. The smallest absolute Gasteiger partial charge is 0.230 e. The molecule has 2 atom stereocenters. The van der Waals surface area contributed by atoms with Crippen LogP contribution in [0.1, 0.15) is 47.2 Å². The lowest BCUT2D eigenvalue weighted by atomic mass is 9.97. The normalized spacial score (nSPS) is 18.1. The van der Waals surface area contributed by atoms with E-state index in [1.165, 1.54) is 22.2 Å². The predicted molar refractivity (Wildman–Crippen MR) is 170 cm³/mol. The van der Waals surface area contributed by atoms with Gasteiger partial charge in [0.15, 0.2) is 0 Å². The van der Waals surface area contributed by atoms with E-state index >= 15 is 0 Å². The van der Waals surface area contributed by atoms with Gasteiger partial charge in [0.2, 0.25) is 12.8 Å². The van der Waals surface area contributed by atoms with Crippen LogP contribution in [0.2, 0.25) is 0 Å². The van der Waals surface area contributed by atoms with Gasteiger partial charge in [0.25, 0.3) is 0 Å². The number of hydrazone groups is 2. The molecule has 4 aromatic carbocycles. The van der Waals surface area contributed by atoms with Crippen LogP contribution in [-0.2, 0) is 9.59 Å². The number of hydrogen-bond donors (Lipinski definition) is 3. The first-order valence-electron chi connectivity index (χ1n) is 14.8. The summed E-state index contributed by atoms with van der Waals surface area (Å²) < 4.78 is 11.9. The van der Waals surface area contributed by atoms with Gasteiger partial charge in [-0.25, -0.2) is 10.0 Å². The van der Waals surface area contributed by atoms with Gasteiger partial charge in [-0.15, -0.1) is 0 Å². The van der Waals surface area contributed by atoms with Crippen molar-refractivity contribution >= 4 is 24.2 Å². The molecule has 3 N–H and O–H groups in total. The van der Waals surface area contributed by atoms with Crippen molar-refractivity contribution in [1.82, 2.24) is 10.0 Å². The molecule has 0 saturated carbocycles. The van der Waals surface area contributed by atoms with E-state index in [4.69, 9.17) is 9.47 Å². The first kappa shape index (κ1) is 30.4. The van der Waals surface area contributed by atoms with Gasteiger partial charge in [-0.3, -0.25) is 9.59 Å². The van der Waals surface area contributed by atoms with Crippen molar-refractivity contribution in [2.75, 3.05) is 13.2 Å². The highest BCUT2D eigenvalue weighted by atomic mass is 16.5. The topological polar surface area (TPSA) is 144 Å². The standard InChI is InChI=1S/C35H32N4O7/c40-21-38-28(23-9-3-1-4-10-23)17-26(36-38)34-30(43)13-7-15-32(34)45-19-25(42)20-46-33-16-8-14-31(44)35(33)27-18-29(39(22-41)37-27)24-11-5-2-6-12-24/h1-16,21-22,25,28-29,42-44H,17-20H2. The number of hydrogen-bond acceptors (Lipinski definition) is 9. The summed E-state index contributed by atoms with van der Waals surface area (Å²) in [4.78, 5) is 23.6. The molecule has 2 aliphatic heterocycles. The van der Waals surface area contributed by atoms with Gasteiger partial charge in [0.1, 0.15) is 42.3 Å². The number of carbonyl (C=O) groups excluding carboxylic acids is 2. The Hall–Kier alpha value is -5.68. The molecular formula is C35H32N4O7.